The molecule has 1 aliphatic heterocycles. The first kappa shape index (κ1) is 11.4. The number of anilines is 1. The fourth-order valence-corrected chi connectivity index (χ4v) is 2.16. The molecule has 18 heavy (non-hydrogen) atoms. The lowest BCUT2D eigenvalue weighted by Gasteiger charge is -2.25. The van der Waals surface area contributed by atoms with Crippen molar-refractivity contribution in [3.63, 3.8) is 0 Å². The molecule has 0 aromatic carbocycles. The van der Waals surface area contributed by atoms with Gasteiger partial charge < -0.3 is 10.5 Å². The summed E-state index contributed by atoms with van der Waals surface area (Å²) in [5.74, 6) is 1.47. The summed E-state index contributed by atoms with van der Waals surface area (Å²) in [5.41, 5.74) is 6.65. The molecule has 0 radical (unpaired) electrons. The molecule has 0 bridgehead atoms. The summed E-state index contributed by atoms with van der Waals surface area (Å²) in [5, 5.41) is 4.42. The first-order valence-corrected chi connectivity index (χ1v) is 6.23. The first-order valence-electron chi connectivity index (χ1n) is 6.23. The van der Waals surface area contributed by atoms with E-state index in [1.807, 2.05) is 18.2 Å². The average molecular weight is 247 g/mol. The van der Waals surface area contributed by atoms with Gasteiger partial charge in [-0.15, -0.1) is 5.10 Å². The maximum atomic E-state index is 5.84. The van der Waals surface area contributed by atoms with Crippen LogP contribution in [0.1, 0.15) is 5.82 Å². The van der Waals surface area contributed by atoms with E-state index >= 15 is 0 Å². The molecule has 0 unspecified atom stereocenters. The molecule has 3 rings (SSSR count). The van der Waals surface area contributed by atoms with E-state index in [4.69, 9.17) is 10.5 Å². The van der Waals surface area contributed by atoms with Crippen LogP contribution in [0.15, 0.2) is 18.2 Å². The zero-order valence-corrected chi connectivity index (χ0v) is 10.2. The van der Waals surface area contributed by atoms with Crippen LogP contribution in [0, 0.1) is 0 Å². The molecule has 6 heteroatoms. The zero-order chi connectivity index (χ0) is 12.4. The summed E-state index contributed by atoms with van der Waals surface area (Å²) in [6.07, 6.45) is 0.848. The number of aromatic nitrogens is 3. The van der Waals surface area contributed by atoms with Crippen molar-refractivity contribution in [3.8, 4) is 0 Å². The molecular formula is C12H17N5O. The number of fused-ring (bicyclic) bond motifs is 1. The Morgan fingerprint density at radius 3 is 2.89 bits per heavy atom. The van der Waals surface area contributed by atoms with Gasteiger partial charge >= 0.3 is 0 Å². The number of morpholine rings is 1. The predicted octanol–water partition coefficient (Wildman–Crippen LogP) is 0.186. The largest absolute Gasteiger partial charge is 0.384 e. The van der Waals surface area contributed by atoms with Crippen LogP contribution in [0.3, 0.4) is 0 Å². The zero-order valence-electron chi connectivity index (χ0n) is 10.2. The van der Waals surface area contributed by atoms with Crippen molar-refractivity contribution in [2.75, 3.05) is 38.6 Å². The Kier molecular flexibility index (Phi) is 3.12. The lowest BCUT2D eigenvalue weighted by Crippen LogP contribution is -2.37. The number of ether oxygens (including phenoxy) is 1. The molecule has 2 aromatic heterocycles. The SMILES string of the molecule is Nc1cccc2nc(CCN3CCOCC3)nn12. The second-order valence-corrected chi connectivity index (χ2v) is 4.45. The molecule has 2 aromatic rings. The molecule has 6 nitrogen and oxygen atoms in total. The van der Waals surface area contributed by atoms with Gasteiger partial charge in [-0.1, -0.05) is 6.07 Å². The summed E-state index contributed by atoms with van der Waals surface area (Å²) in [7, 11) is 0. The molecule has 0 atom stereocenters. The lowest BCUT2D eigenvalue weighted by molar-refractivity contribution is 0.0382. The highest BCUT2D eigenvalue weighted by Gasteiger charge is 2.12. The third-order valence-electron chi connectivity index (χ3n) is 3.19. The van der Waals surface area contributed by atoms with Crippen molar-refractivity contribution >= 4 is 11.5 Å². The molecule has 0 aliphatic carbocycles. The van der Waals surface area contributed by atoms with Gasteiger partial charge in [-0.05, 0) is 12.1 Å². The van der Waals surface area contributed by atoms with Gasteiger partial charge in [-0.25, -0.2) is 4.98 Å². The van der Waals surface area contributed by atoms with Crippen LogP contribution in [0.4, 0.5) is 5.82 Å². The van der Waals surface area contributed by atoms with Crippen LogP contribution in [-0.4, -0.2) is 52.3 Å². The minimum Gasteiger partial charge on any atom is -0.384 e. The van der Waals surface area contributed by atoms with E-state index in [1.165, 1.54) is 0 Å². The van der Waals surface area contributed by atoms with Gasteiger partial charge in [0.05, 0.1) is 13.2 Å². The van der Waals surface area contributed by atoms with E-state index in [9.17, 15) is 0 Å². The molecule has 0 spiro atoms. The van der Waals surface area contributed by atoms with Crippen molar-refractivity contribution in [3.05, 3.63) is 24.0 Å². The van der Waals surface area contributed by atoms with Gasteiger partial charge in [-0.2, -0.15) is 4.52 Å². The van der Waals surface area contributed by atoms with Crippen LogP contribution in [0.25, 0.3) is 5.65 Å². The number of hydrogen-bond acceptors (Lipinski definition) is 5. The maximum absolute atomic E-state index is 5.84. The van der Waals surface area contributed by atoms with Crippen LogP contribution in [-0.2, 0) is 11.2 Å². The molecule has 96 valence electrons. The van der Waals surface area contributed by atoms with E-state index in [2.05, 4.69) is 15.0 Å². The quantitative estimate of drug-likeness (QED) is 0.838. The van der Waals surface area contributed by atoms with E-state index in [1.54, 1.807) is 4.52 Å². The maximum Gasteiger partial charge on any atom is 0.157 e. The molecule has 0 saturated carbocycles. The van der Waals surface area contributed by atoms with E-state index in [-0.39, 0.29) is 0 Å². The molecule has 3 heterocycles. The van der Waals surface area contributed by atoms with Gasteiger partial charge in [0.15, 0.2) is 11.5 Å². The number of hydrogen-bond donors (Lipinski definition) is 1. The Morgan fingerprint density at radius 2 is 2.11 bits per heavy atom. The average Bonchev–Trinajstić information content (AvgIpc) is 2.82. The summed E-state index contributed by atoms with van der Waals surface area (Å²) in [6.45, 7) is 4.61. The number of rotatable bonds is 3. The Labute approximate surface area is 105 Å². The Balaban J connectivity index is 1.69. The van der Waals surface area contributed by atoms with Crippen molar-refractivity contribution in [2.24, 2.45) is 0 Å². The number of nitrogens with two attached hydrogens (primary N) is 1. The first-order chi connectivity index (χ1) is 8.83. The minimum absolute atomic E-state index is 0.623. The normalized spacial score (nSPS) is 17.3. The fraction of sp³-hybridized carbons (Fsp3) is 0.500. The van der Waals surface area contributed by atoms with Gasteiger partial charge in [-0.3, -0.25) is 4.90 Å². The summed E-state index contributed by atoms with van der Waals surface area (Å²) < 4.78 is 7.01. The highest BCUT2D eigenvalue weighted by atomic mass is 16.5. The topological polar surface area (TPSA) is 68.7 Å². The highest BCUT2D eigenvalue weighted by Crippen LogP contribution is 2.08. The summed E-state index contributed by atoms with van der Waals surface area (Å²) in [6, 6.07) is 5.64. The summed E-state index contributed by atoms with van der Waals surface area (Å²) in [4.78, 5) is 6.85. The second kappa shape index (κ2) is 4.91. The lowest BCUT2D eigenvalue weighted by atomic mass is 10.3. The van der Waals surface area contributed by atoms with Crippen LogP contribution in [0.2, 0.25) is 0 Å². The Morgan fingerprint density at radius 1 is 1.28 bits per heavy atom. The third-order valence-corrected chi connectivity index (χ3v) is 3.19. The predicted molar refractivity (Wildman–Crippen MR) is 68.4 cm³/mol. The van der Waals surface area contributed by atoms with Crippen LogP contribution < -0.4 is 5.73 Å². The van der Waals surface area contributed by atoms with E-state index < -0.39 is 0 Å². The van der Waals surface area contributed by atoms with Crippen molar-refractivity contribution < 1.29 is 4.74 Å². The van der Waals surface area contributed by atoms with Crippen LogP contribution in [0.5, 0.6) is 0 Å². The van der Waals surface area contributed by atoms with Crippen molar-refractivity contribution in [1.29, 1.82) is 0 Å². The van der Waals surface area contributed by atoms with Crippen molar-refractivity contribution in [2.45, 2.75) is 6.42 Å². The summed E-state index contributed by atoms with van der Waals surface area (Å²) >= 11 is 0. The monoisotopic (exact) mass is 247 g/mol. The number of nitrogen functional groups attached to an aromatic ring is 1. The van der Waals surface area contributed by atoms with Crippen LogP contribution >= 0.6 is 0 Å². The van der Waals surface area contributed by atoms with Gasteiger partial charge in [0.25, 0.3) is 0 Å². The molecule has 1 saturated heterocycles. The molecule has 1 aliphatic rings. The van der Waals surface area contributed by atoms with Crippen molar-refractivity contribution in [1.82, 2.24) is 19.5 Å². The fourth-order valence-electron chi connectivity index (χ4n) is 2.16. The highest BCUT2D eigenvalue weighted by molar-refractivity contribution is 5.45. The Hall–Kier alpha value is -1.66. The standard InChI is InChI=1S/C12H17N5O/c13-10-2-1-3-12-14-11(15-17(10)12)4-5-16-6-8-18-9-7-16/h1-3H,4-9,13H2. The molecular weight excluding hydrogens is 230 g/mol. The second-order valence-electron chi connectivity index (χ2n) is 4.45. The van der Waals surface area contributed by atoms with Gasteiger partial charge in [0.1, 0.15) is 5.82 Å². The third kappa shape index (κ3) is 2.30. The van der Waals surface area contributed by atoms with E-state index in [0.29, 0.717) is 5.82 Å². The smallest absolute Gasteiger partial charge is 0.157 e. The number of nitrogens with zero attached hydrogens (tertiary/aromatic N) is 4. The molecule has 0 amide bonds. The van der Waals surface area contributed by atoms with E-state index in [0.717, 1.165) is 50.7 Å². The molecule has 1 fully saturated rings. The molecule has 2 N–H and O–H groups in total. The van der Waals surface area contributed by atoms with Gasteiger partial charge in [0.2, 0.25) is 0 Å². The van der Waals surface area contributed by atoms with Gasteiger partial charge in [0, 0.05) is 26.1 Å². The Bertz CT molecular complexity index is 532. The number of pyridine rings is 1. The minimum atomic E-state index is 0.623.